The van der Waals surface area contributed by atoms with Crippen molar-refractivity contribution in [3.05, 3.63) is 16.1 Å². The van der Waals surface area contributed by atoms with Crippen molar-refractivity contribution in [1.82, 2.24) is 15.6 Å². The molecule has 2 unspecified atom stereocenters. The van der Waals surface area contributed by atoms with E-state index < -0.39 is 0 Å². The summed E-state index contributed by atoms with van der Waals surface area (Å²) in [5.41, 5.74) is 0. The van der Waals surface area contributed by atoms with E-state index in [0.717, 1.165) is 17.8 Å². The first-order chi connectivity index (χ1) is 10.2. The SMILES string of the molecule is CCc1cnc(CCNC(=O)CC2CC3CCC(C2)N3)s1. The first kappa shape index (κ1) is 15.0. The maximum absolute atomic E-state index is 12.0. The summed E-state index contributed by atoms with van der Waals surface area (Å²) < 4.78 is 0. The van der Waals surface area contributed by atoms with Gasteiger partial charge in [0, 0.05) is 42.5 Å². The number of fused-ring (bicyclic) bond motifs is 2. The van der Waals surface area contributed by atoms with Gasteiger partial charge in [-0.15, -0.1) is 11.3 Å². The minimum absolute atomic E-state index is 0.216. The Balaban J connectivity index is 1.36. The predicted molar refractivity (Wildman–Crippen MR) is 85.5 cm³/mol. The van der Waals surface area contributed by atoms with Gasteiger partial charge in [0.25, 0.3) is 0 Å². The Morgan fingerprint density at radius 1 is 1.43 bits per heavy atom. The molecule has 21 heavy (non-hydrogen) atoms. The molecule has 2 atom stereocenters. The number of hydrogen-bond donors (Lipinski definition) is 2. The number of carbonyl (C=O) groups is 1. The molecule has 1 aromatic heterocycles. The molecule has 2 aliphatic rings. The molecule has 0 saturated carbocycles. The van der Waals surface area contributed by atoms with Gasteiger partial charge in [-0.05, 0) is 38.0 Å². The number of carbonyl (C=O) groups excluding carboxylic acids is 1. The zero-order chi connectivity index (χ0) is 14.7. The molecule has 2 saturated heterocycles. The quantitative estimate of drug-likeness (QED) is 0.848. The summed E-state index contributed by atoms with van der Waals surface area (Å²) in [6.45, 7) is 2.86. The van der Waals surface area contributed by atoms with E-state index in [1.807, 2.05) is 6.20 Å². The van der Waals surface area contributed by atoms with Crippen molar-refractivity contribution in [2.75, 3.05) is 6.54 Å². The maximum Gasteiger partial charge on any atom is 0.220 e. The van der Waals surface area contributed by atoms with E-state index in [0.29, 0.717) is 31.0 Å². The van der Waals surface area contributed by atoms with Gasteiger partial charge in [0.1, 0.15) is 0 Å². The lowest BCUT2D eigenvalue weighted by atomic mass is 9.89. The van der Waals surface area contributed by atoms with Gasteiger partial charge in [0.2, 0.25) is 5.91 Å². The van der Waals surface area contributed by atoms with Gasteiger partial charge >= 0.3 is 0 Å². The summed E-state index contributed by atoms with van der Waals surface area (Å²) in [6, 6.07) is 1.34. The molecule has 3 rings (SSSR count). The Hall–Kier alpha value is -0.940. The second-order valence-electron chi connectivity index (χ2n) is 6.35. The van der Waals surface area contributed by atoms with Crippen molar-refractivity contribution >= 4 is 17.2 Å². The Bertz CT molecular complexity index is 476. The largest absolute Gasteiger partial charge is 0.356 e. The van der Waals surface area contributed by atoms with Crippen molar-refractivity contribution in [2.24, 2.45) is 5.92 Å². The Kier molecular flexibility index (Phi) is 4.91. The fraction of sp³-hybridized carbons (Fsp3) is 0.750. The smallest absolute Gasteiger partial charge is 0.220 e. The van der Waals surface area contributed by atoms with E-state index in [1.54, 1.807) is 11.3 Å². The fourth-order valence-electron chi connectivity index (χ4n) is 3.61. The number of nitrogens with zero attached hydrogens (tertiary/aromatic N) is 1. The van der Waals surface area contributed by atoms with Crippen LogP contribution < -0.4 is 10.6 Å². The molecule has 2 N–H and O–H groups in total. The molecule has 0 spiro atoms. The van der Waals surface area contributed by atoms with Gasteiger partial charge in [0.15, 0.2) is 0 Å². The second kappa shape index (κ2) is 6.88. The van der Waals surface area contributed by atoms with Gasteiger partial charge < -0.3 is 10.6 Å². The highest BCUT2D eigenvalue weighted by Gasteiger charge is 2.34. The molecule has 3 heterocycles. The van der Waals surface area contributed by atoms with Crippen LogP contribution in [-0.2, 0) is 17.6 Å². The minimum Gasteiger partial charge on any atom is -0.356 e. The summed E-state index contributed by atoms with van der Waals surface area (Å²) in [5, 5.41) is 7.82. The van der Waals surface area contributed by atoms with Gasteiger partial charge in [0.05, 0.1) is 5.01 Å². The van der Waals surface area contributed by atoms with Crippen LogP contribution in [-0.4, -0.2) is 29.5 Å². The Morgan fingerprint density at radius 2 is 2.19 bits per heavy atom. The van der Waals surface area contributed by atoms with Crippen LogP contribution in [0.3, 0.4) is 0 Å². The molecule has 2 aliphatic heterocycles. The van der Waals surface area contributed by atoms with Crippen molar-refractivity contribution in [3.63, 3.8) is 0 Å². The molecular formula is C16H25N3OS. The highest BCUT2D eigenvalue weighted by atomic mass is 32.1. The number of nitrogens with one attached hydrogen (secondary N) is 2. The Labute approximate surface area is 130 Å². The van der Waals surface area contributed by atoms with Crippen LogP contribution in [0.5, 0.6) is 0 Å². The Morgan fingerprint density at radius 3 is 2.86 bits per heavy atom. The summed E-state index contributed by atoms with van der Waals surface area (Å²) in [4.78, 5) is 17.8. The number of hydrogen-bond acceptors (Lipinski definition) is 4. The molecule has 0 aliphatic carbocycles. The van der Waals surface area contributed by atoms with E-state index in [-0.39, 0.29) is 5.91 Å². The summed E-state index contributed by atoms with van der Waals surface area (Å²) in [7, 11) is 0. The first-order valence-electron chi connectivity index (χ1n) is 8.19. The van der Waals surface area contributed by atoms with Gasteiger partial charge in [-0.1, -0.05) is 6.92 Å². The van der Waals surface area contributed by atoms with Crippen molar-refractivity contribution in [2.45, 2.75) is 64.0 Å². The fourth-order valence-corrected chi connectivity index (χ4v) is 4.47. The van der Waals surface area contributed by atoms with E-state index in [2.05, 4.69) is 22.5 Å². The second-order valence-corrected chi connectivity index (χ2v) is 7.55. The van der Waals surface area contributed by atoms with Crippen LogP contribution in [0, 0.1) is 5.92 Å². The van der Waals surface area contributed by atoms with Crippen LogP contribution in [0.2, 0.25) is 0 Å². The highest BCUT2D eigenvalue weighted by Crippen LogP contribution is 2.32. The molecule has 1 amide bonds. The van der Waals surface area contributed by atoms with Gasteiger partial charge in [-0.2, -0.15) is 0 Å². The van der Waals surface area contributed by atoms with Gasteiger partial charge in [-0.3, -0.25) is 4.79 Å². The van der Waals surface area contributed by atoms with E-state index in [1.165, 1.54) is 30.6 Å². The van der Waals surface area contributed by atoms with Crippen LogP contribution in [0.4, 0.5) is 0 Å². The van der Waals surface area contributed by atoms with Crippen LogP contribution in [0.25, 0.3) is 0 Å². The molecule has 0 radical (unpaired) electrons. The summed E-state index contributed by atoms with van der Waals surface area (Å²) >= 11 is 1.76. The minimum atomic E-state index is 0.216. The number of aromatic nitrogens is 1. The molecular weight excluding hydrogens is 282 g/mol. The van der Waals surface area contributed by atoms with Crippen LogP contribution in [0.15, 0.2) is 6.20 Å². The van der Waals surface area contributed by atoms with E-state index >= 15 is 0 Å². The average molecular weight is 307 g/mol. The van der Waals surface area contributed by atoms with Gasteiger partial charge in [-0.25, -0.2) is 4.98 Å². The van der Waals surface area contributed by atoms with Crippen molar-refractivity contribution < 1.29 is 4.79 Å². The lowest BCUT2D eigenvalue weighted by molar-refractivity contribution is -0.122. The van der Waals surface area contributed by atoms with E-state index in [4.69, 9.17) is 0 Å². The lowest BCUT2D eigenvalue weighted by Gasteiger charge is -2.28. The third-order valence-corrected chi connectivity index (χ3v) is 5.86. The topological polar surface area (TPSA) is 54.0 Å². The molecule has 0 aromatic carbocycles. The average Bonchev–Trinajstić information content (AvgIpc) is 3.05. The lowest BCUT2D eigenvalue weighted by Crippen LogP contribution is -2.39. The molecule has 4 nitrogen and oxygen atoms in total. The molecule has 2 bridgehead atoms. The number of rotatable bonds is 6. The highest BCUT2D eigenvalue weighted by molar-refractivity contribution is 7.11. The van der Waals surface area contributed by atoms with E-state index in [9.17, 15) is 4.79 Å². The third-order valence-electron chi connectivity index (χ3n) is 4.66. The summed E-state index contributed by atoms with van der Waals surface area (Å²) in [6.07, 6.45) is 9.50. The maximum atomic E-state index is 12.0. The molecule has 5 heteroatoms. The predicted octanol–water partition coefficient (Wildman–Crippen LogP) is 2.28. The third kappa shape index (κ3) is 4.04. The molecule has 116 valence electrons. The van der Waals surface area contributed by atoms with Crippen molar-refractivity contribution in [1.29, 1.82) is 0 Å². The monoisotopic (exact) mass is 307 g/mol. The van der Waals surface area contributed by atoms with Crippen molar-refractivity contribution in [3.8, 4) is 0 Å². The zero-order valence-corrected chi connectivity index (χ0v) is 13.5. The number of aryl methyl sites for hydroxylation is 1. The number of thiazole rings is 1. The number of piperidine rings is 1. The normalized spacial score (nSPS) is 27.8. The number of amides is 1. The zero-order valence-electron chi connectivity index (χ0n) is 12.7. The molecule has 2 fully saturated rings. The van der Waals surface area contributed by atoms with Crippen LogP contribution in [0.1, 0.15) is 48.9 Å². The summed E-state index contributed by atoms with van der Waals surface area (Å²) in [5.74, 6) is 0.795. The first-order valence-corrected chi connectivity index (χ1v) is 9.01. The molecule has 1 aromatic rings. The van der Waals surface area contributed by atoms with Crippen LogP contribution >= 0.6 is 11.3 Å². The standard InChI is InChI=1S/C16H25N3OS/c1-2-14-10-18-16(21-14)5-6-17-15(20)9-11-7-12-3-4-13(8-11)19-12/h10-13,19H,2-9H2,1H3,(H,17,20).